The zero-order valence-corrected chi connectivity index (χ0v) is 25.4. The summed E-state index contributed by atoms with van der Waals surface area (Å²) < 4.78 is 48.5. The number of benzene rings is 4. The molecule has 0 atom stereocenters. The molecule has 1 amide bonds. The fraction of sp³-hybridized carbons (Fsp3) is 0.0556. The smallest absolute Gasteiger partial charge is 0.260 e. The third-order valence-electron chi connectivity index (χ3n) is 7.74. The first-order valence-corrected chi connectivity index (χ1v) is 16.2. The maximum Gasteiger partial charge on any atom is 0.260 e. The molecule has 0 spiro atoms. The molecule has 0 fully saturated rings. The van der Waals surface area contributed by atoms with Crippen LogP contribution >= 0.6 is 0 Å². The molecule has 0 saturated carbocycles. The van der Waals surface area contributed by atoms with Gasteiger partial charge in [-0.05, 0) is 78.7 Å². The van der Waals surface area contributed by atoms with Crippen molar-refractivity contribution in [1.82, 2.24) is 9.97 Å². The lowest BCUT2D eigenvalue weighted by molar-refractivity contribution is 0.102. The number of hydrogen-bond donors (Lipinski definition) is 3. The Morgan fingerprint density at radius 3 is 2.46 bits per heavy atom. The summed E-state index contributed by atoms with van der Waals surface area (Å²) in [5, 5.41) is 4.39. The van der Waals surface area contributed by atoms with Crippen molar-refractivity contribution in [3.63, 3.8) is 0 Å². The van der Waals surface area contributed by atoms with Crippen molar-refractivity contribution in [2.75, 3.05) is 15.8 Å². The Bertz CT molecular complexity index is 2310. The van der Waals surface area contributed by atoms with Gasteiger partial charge in [-0.25, -0.2) is 12.8 Å². The predicted octanol–water partition coefficient (Wildman–Crippen LogP) is 8.46. The second kappa shape index (κ2) is 11.6. The lowest BCUT2D eigenvalue weighted by Crippen LogP contribution is -2.15. The maximum absolute atomic E-state index is 13.9. The molecule has 0 unspecified atom stereocenters. The summed E-state index contributed by atoms with van der Waals surface area (Å²) in [5.74, 6) is -0.831. The van der Waals surface area contributed by atoms with Crippen LogP contribution in [-0.2, 0) is 10.0 Å². The Hall–Kier alpha value is -5.74. The molecule has 228 valence electrons. The van der Waals surface area contributed by atoms with Crippen molar-refractivity contribution in [2.45, 2.75) is 6.92 Å². The van der Waals surface area contributed by atoms with Gasteiger partial charge >= 0.3 is 0 Å². The quantitative estimate of drug-likeness (QED) is 0.156. The molecule has 0 aliphatic carbocycles. The van der Waals surface area contributed by atoms with E-state index in [0.29, 0.717) is 27.9 Å². The first kappa shape index (κ1) is 29.0. The molecule has 46 heavy (non-hydrogen) atoms. The van der Waals surface area contributed by atoms with Crippen molar-refractivity contribution in [2.24, 2.45) is 0 Å². The second-order valence-electron chi connectivity index (χ2n) is 10.8. The summed E-state index contributed by atoms with van der Waals surface area (Å²) in [6.07, 6.45) is 3.12. The van der Waals surface area contributed by atoms with E-state index in [0.717, 1.165) is 27.7 Å². The van der Waals surface area contributed by atoms with Gasteiger partial charge in [-0.15, -0.1) is 0 Å². The van der Waals surface area contributed by atoms with E-state index < -0.39 is 21.7 Å². The fourth-order valence-electron chi connectivity index (χ4n) is 5.45. The predicted molar refractivity (Wildman–Crippen MR) is 180 cm³/mol. The first-order chi connectivity index (χ1) is 22.3. The number of pyridine rings is 1. The highest BCUT2D eigenvalue weighted by Crippen LogP contribution is 2.41. The number of anilines is 2. The SMILES string of the molecule is CCS(=O)(=O)Nc1cc2oc(-c3ccc(F)cc3)c(C(=O)Nc3cccnc3)c2cc1-c1cccc(-c2cc3ccccc3[nH]2)c1. The fourth-order valence-corrected chi connectivity index (χ4v) is 6.10. The largest absolute Gasteiger partial charge is 0.455 e. The van der Waals surface area contributed by atoms with Gasteiger partial charge in [-0.3, -0.25) is 14.5 Å². The van der Waals surface area contributed by atoms with Gasteiger partial charge < -0.3 is 14.7 Å². The molecule has 10 heteroatoms. The average molecular weight is 631 g/mol. The van der Waals surface area contributed by atoms with E-state index in [4.69, 9.17) is 4.42 Å². The lowest BCUT2D eigenvalue weighted by atomic mass is 9.97. The number of para-hydroxylation sites is 1. The number of carbonyl (C=O) groups is 1. The number of amides is 1. The second-order valence-corrected chi connectivity index (χ2v) is 12.8. The molecule has 0 aliphatic heterocycles. The van der Waals surface area contributed by atoms with Crippen LogP contribution in [0.1, 0.15) is 17.3 Å². The minimum absolute atomic E-state index is 0.142. The van der Waals surface area contributed by atoms with E-state index in [-0.39, 0.29) is 22.7 Å². The molecular formula is C36H27FN4O4S. The highest BCUT2D eigenvalue weighted by Gasteiger charge is 2.25. The van der Waals surface area contributed by atoms with Crippen LogP contribution in [0.3, 0.4) is 0 Å². The van der Waals surface area contributed by atoms with Crippen LogP contribution in [0.4, 0.5) is 15.8 Å². The summed E-state index contributed by atoms with van der Waals surface area (Å²) >= 11 is 0. The lowest BCUT2D eigenvalue weighted by Gasteiger charge is -2.14. The number of aromatic nitrogens is 2. The van der Waals surface area contributed by atoms with Crippen LogP contribution in [0.25, 0.3) is 55.6 Å². The number of hydrogen-bond acceptors (Lipinski definition) is 5. The Balaban J connectivity index is 1.44. The van der Waals surface area contributed by atoms with Gasteiger partial charge in [0.2, 0.25) is 10.0 Å². The molecular weight excluding hydrogens is 603 g/mol. The van der Waals surface area contributed by atoms with Crippen LogP contribution in [0.2, 0.25) is 0 Å². The van der Waals surface area contributed by atoms with E-state index in [2.05, 4.69) is 26.1 Å². The minimum atomic E-state index is -3.69. The highest BCUT2D eigenvalue weighted by molar-refractivity contribution is 7.92. The number of rotatable bonds is 8. The van der Waals surface area contributed by atoms with Crippen molar-refractivity contribution < 1.29 is 22.0 Å². The van der Waals surface area contributed by atoms with Crippen molar-refractivity contribution >= 4 is 49.2 Å². The molecule has 0 bridgehead atoms. The number of aromatic amines is 1. The number of carbonyl (C=O) groups excluding carboxylic acids is 1. The molecule has 7 rings (SSSR count). The molecule has 8 nitrogen and oxygen atoms in total. The summed E-state index contributed by atoms with van der Waals surface area (Å²) in [5.41, 5.74) is 5.80. The third kappa shape index (κ3) is 5.62. The van der Waals surface area contributed by atoms with E-state index in [1.165, 1.54) is 30.5 Å². The zero-order valence-electron chi connectivity index (χ0n) is 24.5. The number of furan rings is 1. The average Bonchev–Trinajstić information content (AvgIpc) is 3.67. The van der Waals surface area contributed by atoms with E-state index in [1.807, 2.05) is 48.5 Å². The van der Waals surface area contributed by atoms with E-state index in [9.17, 15) is 17.6 Å². The van der Waals surface area contributed by atoms with Crippen molar-refractivity contribution in [3.05, 3.63) is 127 Å². The van der Waals surface area contributed by atoms with Gasteiger partial charge in [0.1, 0.15) is 17.2 Å². The number of nitrogens with one attached hydrogen (secondary N) is 3. The molecule has 7 aromatic rings. The van der Waals surface area contributed by atoms with Gasteiger partial charge in [0.25, 0.3) is 5.91 Å². The molecule has 3 aromatic heterocycles. The highest BCUT2D eigenvalue weighted by atomic mass is 32.2. The van der Waals surface area contributed by atoms with Gasteiger partial charge in [0.15, 0.2) is 0 Å². The number of fused-ring (bicyclic) bond motifs is 2. The topological polar surface area (TPSA) is 117 Å². The van der Waals surface area contributed by atoms with Crippen LogP contribution in [0, 0.1) is 5.82 Å². The van der Waals surface area contributed by atoms with Gasteiger partial charge in [-0.2, -0.15) is 0 Å². The molecule has 0 saturated heterocycles. The maximum atomic E-state index is 13.9. The molecule has 0 aliphatic rings. The molecule has 4 aromatic carbocycles. The van der Waals surface area contributed by atoms with Gasteiger partial charge in [-0.1, -0.05) is 36.4 Å². The van der Waals surface area contributed by atoms with Crippen molar-refractivity contribution in [3.8, 4) is 33.7 Å². The zero-order chi connectivity index (χ0) is 31.8. The van der Waals surface area contributed by atoms with Crippen LogP contribution in [0.15, 0.2) is 120 Å². The Morgan fingerprint density at radius 2 is 1.70 bits per heavy atom. The Kier molecular flexibility index (Phi) is 7.34. The van der Waals surface area contributed by atoms with Crippen molar-refractivity contribution in [1.29, 1.82) is 0 Å². The molecule has 3 heterocycles. The minimum Gasteiger partial charge on any atom is -0.455 e. The summed E-state index contributed by atoms with van der Waals surface area (Å²) in [6.45, 7) is 1.55. The summed E-state index contributed by atoms with van der Waals surface area (Å²) in [4.78, 5) is 21.4. The van der Waals surface area contributed by atoms with Crippen LogP contribution in [-0.4, -0.2) is 30.0 Å². The van der Waals surface area contributed by atoms with Gasteiger partial charge in [0.05, 0.1) is 28.9 Å². The Morgan fingerprint density at radius 1 is 0.891 bits per heavy atom. The Labute approximate surface area is 264 Å². The monoisotopic (exact) mass is 630 g/mol. The van der Waals surface area contributed by atoms with E-state index in [1.54, 1.807) is 37.4 Å². The normalized spacial score (nSPS) is 11.6. The first-order valence-electron chi connectivity index (χ1n) is 14.5. The van der Waals surface area contributed by atoms with Crippen LogP contribution in [0.5, 0.6) is 0 Å². The standard InChI is InChI=1S/C36H27FN4O4S/c1-2-46(43,44)41-32-20-33-29(19-28(32)23-8-5-9-24(17-23)31-18-25-7-3-4-11-30(25)40-31)34(36(42)39-27-10-6-16-38-21-27)35(45-33)22-12-14-26(37)15-13-22/h3-21,40-41H,2H2,1H3,(H,39,42). The third-order valence-corrected chi connectivity index (χ3v) is 9.03. The molecule has 0 radical (unpaired) electrons. The number of halogens is 1. The number of nitrogens with zero attached hydrogens (tertiary/aromatic N) is 1. The van der Waals surface area contributed by atoms with Gasteiger partial charge in [0, 0.05) is 45.4 Å². The number of H-pyrrole nitrogens is 1. The summed E-state index contributed by atoms with van der Waals surface area (Å²) in [7, 11) is -3.69. The van der Waals surface area contributed by atoms with Crippen LogP contribution < -0.4 is 10.0 Å². The summed E-state index contributed by atoms with van der Waals surface area (Å²) in [6, 6.07) is 30.1. The van der Waals surface area contributed by atoms with E-state index >= 15 is 0 Å². The molecule has 3 N–H and O–H groups in total. The number of sulfonamides is 1.